The second-order valence-electron chi connectivity index (χ2n) is 2.75. The van der Waals surface area contributed by atoms with Gasteiger partial charge in [0.05, 0.1) is 0 Å². The number of rotatable bonds is 4. The maximum atomic E-state index is 5.60. The average Bonchev–Trinajstić information content (AvgIpc) is 2.08. The van der Waals surface area contributed by atoms with Gasteiger partial charge in [0.2, 0.25) is 0 Å². The van der Waals surface area contributed by atoms with Crippen molar-refractivity contribution >= 4 is 27.5 Å². The van der Waals surface area contributed by atoms with Gasteiger partial charge in [0.15, 0.2) is 0 Å². The van der Waals surface area contributed by atoms with Crippen molar-refractivity contribution in [1.29, 1.82) is 0 Å². The highest BCUT2D eigenvalue weighted by Gasteiger charge is 1.92. The molecular formula is C10H11BrClN. The smallest absolute Gasteiger partial charge is 0.0310 e. The Morgan fingerprint density at radius 1 is 1.38 bits per heavy atom. The summed E-state index contributed by atoms with van der Waals surface area (Å²) in [6, 6.07) is 8.17. The molecule has 1 N–H and O–H groups in total. The Morgan fingerprint density at radius 2 is 2.00 bits per heavy atom. The van der Waals surface area contributed by atoms with Gasteiger partial charge >= 0.3 is 0 Å². The largest absolute Gasteiger partial charge is 0.308 e. The van der Waals surface area contributed by atoms with Gasteiger partial charge in [-0.2, -0.15) is 0 Å². The first kappa shape index (κ1) is 10.8. The summed E-state index contributed by atoms with van der Waals surface area (Å²) < 4.78 is 1.10. The maximum Gasteiger partial charge on any atom is 0.0310 e. The zero-order chi connectivity index (χ0) is 9.68. The molecule has 0 aliphatic carbocycles. The molecule has 0 radical (unpaired) electrons. The standard InChI is InChI=1S/C10H11BrClN/c1-8(12)6-13-7-9-2-4-10(11)5-3-9/h2-5,13H,1,6-7H2. The van der Waals surface area contributed by atoms with Crippen LogP contribution in [0.4, 0.5) is 0 Å². The number of hydrogen-bond donors (Lipinski definition) is 1. The van der Waals surface area contributed by atoms with Crippen molar-refractivity contribution in [3.8, 4) is 0 Å². The van der Waals surface area contributed by atoms with Crippen LogP contribution in [0.3, 0.4) is 0 Å². The van der Waals surface area contributed by atoms with Crippen molar-refractivity contribution in [3.63, 3.8) is 0 Å². The van der Waals surface area contributed by atoms with Gasteiger partial charge in [-0.3, -0.25) is 0 Å². The Hall–Kier alpha value is -0.310. The lowest BCUT2D eigenvalue weighted by Crippen LogP contribution is -2.14. The molecule has 13 heavy (non-hydrogen) atoms. The van der Waals surface area contributed by atoms with E-state index in [1.165, 1.54) is 5.56 Å². The Kier molecular flexibility index (Phi) is 4.50. The van der Waals surface area contributed by atoms with Gasteiger partial charge in [0.1, 0.15) is 0 Å². The predicted octanol–water partition coefficient (Wildman–Crippen LogP) is 3.29. The third kappa shape index (κ3) is 4.46. The molecule has 0 heterocycles. The minimum atomic E-state index is 0.636. The maximum absolute atomic E-state index is 5.60. The van der Waals surface area contributed by atoms with Crippen molar-refractivity contribution in [2.45, 2.75) is 6.54 Å². The van der Waals surface area contributed by atoms with Crippen LogP contribution >= 0.6 is 27.5 Å². The van der Waals surface area contributed by atoms with Crippen LogP contribution in [0.25, 0.3) is 0 Å². The van der Waals surface area contributed by atoms with Crippen LogP contribution in [-0.4, -0.2) is 6.54 Å². The van der Waals surface area contributed by atoms with Crippen LogP contribution in [0.2, 0.25) is 0 Å². The number of benzene rings is 1. The summed E-state index contributed by atoms with van der Waals surface area (Å²) in [6.07, 6.45) is 0. The van der Waals surface area contributed by atoms with E-state index in [2.05, 4.69) is 40.0 Å². The molecule has 1 nitrogen and oxygen atoms in total. The molecular weight excluding hydrogens is 249 g/mol. The molecule has 0 aromatic heterocycles. The zero-order valence-electron chi connectivity index (χ0n) is 7.19. The molecule has 0 spiro atoms. The molecule has 0 aliphatic heterocycles. The molecule has 0 amide bonds. The fraction of sp³-hybridized carbons (Fsp3) is 0.200. The van der Waals surface area contributed by atoms with Gasteiger partial charge in [-0.15, -0.1) is 0 Å². The molecule has 0 unspecified atom stereocenters. The van der Waals surface area contributed by atoms with Crippen LogP contribution in [0.15, 0.2) is 40.3 Å². The summed E-state index contributed by atoms with van der Waals surface area (Å²) in [6.45, 7) is 5.06. The van der Waals surface area contributed by atoms with E-state index in [1.54, 1.807) is 0 Å². The van der Waals surface area contributed by atoms with Gasteiger partial charge in [-0.05, 0) is 17.7 Å². The van der Waals surface area contributed by atoms with E-state index in [0.717, 1.165) is 11.0 Å². The highest BCUT2D eigenvalue weighted by molar-refractivity contribution is 9.10. The van der Waals surface area contributed by atoms with Crippen molar-refractivity contribution in [2.24, 2.45) is 0 Å². The van der Waals surface area contributed by atoms with Crippen molar-refractivity contribution in [3.05, 3.63) is 45.9 Å². The average molecular weight is 261 g/mol. The van der Waals surface area contributed by atoms with E-state index < -0.39 is 0 Å². The summed E-state index contributed by atoms with van der Waals surface area (Å²) in [7, 11) is 0. The molecule has 0 aliphatic rings. The fourth-order valence-corrected chi connectivity index (χ4v) is 1.30. The second-order valence-corrected chi connectivity index (χ2v) is 4.20. The SMILES string of the molecule is C=C(Cl)CNCc1ccc(Br)cc1. The lowest BCUT2D eigenvalue weighted by Gasteiger charge is -2.03. The number of hydrogen-bond acceptors (Lipinski definition) is 1. The van der Waals surface area contributed by atoms with E-state index >= 15 is 0 Å². The summed E-state index contributed by atoms with van der Waals surface area (Å²) in [5.74, 6) is 0. The normalized spacial score (nSPS) is 10.0. The number of nitrogens with one attached hydrogen (secondary N) is 1. The van der Waals surface area contributed by atoms with E-state index in [4.69, 9.17) is 11.6 Å². The Labute approximate surface area is 91.9 Å². The molecule has 1 aromatic rings. The second kappa shape index (κ2) is 5.43. The van der Waals surface area contributed by atoms with E-state index in [0.29, 0.717) is 11.6 Å². The Bertz CT molecular complexity index is 281. The van der Waals surface area contributed by atoms with E-state index in [9.17, 15) is 0 Å². The minimum absolute atomic E-state index is 0.636. The fourth-order valence-electron chi connectivity index (χ4n) is 0.945. The summed E-state index contributed by atoms with van der Waals surface area (Å²) >= 11 is 8.99. The first-order valence-electron chi connectivity index (χ1n) is 3.97. The Balaban J connectivity index is 2.37. The highest BCUT2D eigenvalue weighted by Crippen LogP contribution is 2.10. The van der Waals surface area contributed by atoms with Gasteiger partial charge in [-0.25, -0.2) is 0 Å². The first-order chi connectivity index (χ1) is 6.18. The van der Waals surface area contributed by atoms with E-state index in [-0.39, 0.29) is 0 Å². The lowest BCUT2D eigenvalue weighted by atomic mass is 10.2. The molecule has 0 fully saturated rings. The molecule has 1 aromatic carbocycles. The quantitative estimate of drug-likeness (QED) is 0.876. The molecule has 1 rings (SSSR count). The number of halogens is 2. The topological polar surface area (TPSA) is 12.0 Å². The summed E-state index contributed by atoms with van der Waals surface area (Å²) in [5, 5.41) is 3.81. The van der Waals surface area contributed by atoms with Crippen LogP contribution in [-0.2, 0) is 6.54 Å². The van der Waals surface area contributed by atoms with Crippen LogP contribution in [0, 0.1) is 0 Å². The minimum Gasteiger partial charge on any atom is -0.308 e. The van der Waals surface area contributed by atoms with Crippen molar-refractivity contribution < 1.29 is 0 Å². The van der Waals surface area contributed by atoms with E-state index in [1.807, 2.05) is 12.1 Å². The van der Waals surface area contributed by atoms with Crippen LogP contribution < -0.4 is 5.32 Å². The summed E-state index contributed by atoms with van der Waals surface area (Å²) in [4.78, 5) is 0. The lowest BCUT2D eigenvalue weighted by molar-refractivity contribution is 0.755. The molecule has 70 valence electrons. The third-order valence-corrected chi connectivity index (χ3v) is 2.22. The molecule has 0 saturated heterocycles. The van der Waals surface area contributed by atoms with Gasteiger partial charge in [0, 0.05) is 22.6 Å². The van der Waals surface area contributed by atoms with Gasteiger partial charge < -0.3 is 5.32 Å². The van der Waals surface area contributed by atoms with Gasteiger partial charge in [-0.1, -0.05) is 46.2 Å². The summed E-state index contributed by atoms with van der Waals surface area (Å²) in [5.41, 5.74) is 1.24. The predicted molar refractivity (Wildman–Crippen MR) is 60.8 cm³/mol. The molecule has 3 heteroatoms. The molecule has 0 bridgehead atoms. The zero-order valence-corrected chi connectivity index (χ0v) is 9.53. The monoisotopic (exact) mass is 259 g/mol. The van der Waals surface area contributed by atoms with Crippen LogP contribution in [0.5, 0.6) is 0 Å². The van der Waals surface area contributed by atoms with Gasteiger partial charge in [0.25, 0.3) is 0 Å². The van der Waals surface area contributed by atoms with Crippen LogP contribution in [0.1, 0.15) is 5.56 Å². The Morgan fingerprint density at radius 3 is 2.54 bits per heavy atom. The van der Waals surface area contributed by atoms with Crippen molar-refractivity contribution in [2.75, 3.05) is 6.54 Å². The highest BCUT2D eigenvalue weighted by atomic mass is 79.9. The first-order valence-corrected chi connectivity index (χ1v) is 5.14. The third-order valence-electron chi connectivity index (χ3n) is 1.56. The molecule has 0 atom stereocenters. The molecule has 0 saturated carbocycles. The van der Waals surface area contributed by atoms with Crippen molar-refractivity contribution in [1.82, 2.24) is 5.32 Å².